The van der Waals surface area contributed by atoms with Crippen molar-refractivity contribution >= 4 is 35.0 Å². The van der Waals surface area contributed by atoms with Gasteiger partial charge in [0.05, 0.1) is 11.6 Å². The van der Waals surface area contributed by atoms with Crippen LogP contribution in [0.4, 0.5) is 10.3 Å². The summed E-state index contributed by atoms with van der Waals surface area (Å²) in [5.41, 5.74) is 0.596. The molecule has 2 aromatic carbocycles. The van der Waals surface area contributed by atoms with Gasteiger partial charge in [0, 0.05) is 23.0 Å². The van der Waals surface area contributed by atoms with Crippen LogP contribution in [0.2, 0.25) is 5.02 Å². The van der Waals surface area contributed by atoms with Crippen LogP contribution in [0.15, 0.2) is 72.6 Å². The van der Waals surface area contributed by atoms with E-state index in [1.165, 1.54) is 24.5 Å². The molecule has 144 valence electrons. The number of carbonyl (C=O) groups is 2. The van der Waals surface area contributed by atoms with E-state index in [4.69, 9.17) is 11.6 Å². The molecule has 1 amide bonds. The smallest absolute Gasteiger partial charge is 0.302 e. The van der Waals surface area contributed by atoms with E-state index >= 15 is 0 Å². The van der Waals surface area contributed by atoms with Crippen LogP contribution in [-0.2, 0) is 9.59 Å². The first kappa shape index (κ1) is 18.8. The minimum atomic E-state index is -0.972. The highest BCUT2D eigenvalue weighted by Crippen LogP contribution is 2.41. The van der Waals surface area contributed by atoms with E-state index < -0.39 is 29.3 Å². The van der Waals surface area contributed by atoms with Gasteiger partial charge in [-0.3, -0.25) is 14.5 Å². The largest absolute Gasteiger partial charge is 0.507 e. The normalized spacial score (nSPS) is 18.3. The van der Waals surface area contributed by atoms with Gasteiger partial charge in [-0.1, -0.05) is 23.7 Å². The van der Waals surface area contributed by atoms with E-state index in [1.807, 2.05) is 0 Å². The number of benzene rings is 2. The molecule has 0 saturated carbocycles. The number of amides is 1. The number of rotatable bonds is 3. The maximum absolute atomic E-state index is 13.3. The number of ketones is 1. The summed E-state index contributed by atoms with van der Waals surface area (Å²) in [7, 11) is 0. The Morgan fingerprint density at radius 3 is 2.24 bits per heavy atom. The molecule has 1 aliphatic heterocycles. The molecule has 1 aromatic heterocycles. The first-order valence-corrected chi connectivity index (χ1v) is 8.94. The van der Waals surface area contributed by atoms with Gasteiger partial charge >= 0.3 is 5.91 Å². The second kappa shape index (κ2) is 7.44. The molecule has 8 heteroatoms. The Labute approximate surface area is 169 Å². The third kappa shape index (κ3) is 3.36. The van der Waals surface area contributed by atoms with Crippen LogP contribution in [0.1, 0.15) is 17.2 Å². The third-order valence-electron chi connectivity index (χ3n) is 4.52. The molecule has 1 fully saturated rings. The number of nitrogens with zero attached hydrogens (tertiary/aromatic N) is 3. The molecule has 0 radical (unpaired) electrons. The molecule has 1 unspecified atom stereocenters. The van der Waals surface area contributed by atoms with Gasteiger partial charge in [0.1, 0.15) is 11.6 Å². The standard InChI is InChI=1S/C21H13ClFN3O3/c22-14-6-2-12(3-7-14)17-16(18(27)13-4-8-15(23)9-5-13)19(28)20(29)26(17)21-24-10-1-11-25-21/h1-11,17,27H/b18-16+. The number of anilines is 1. The number of aromatic nitrogens is 2. The van der Waals surface area contributed by atoms with E-state index in [-0.39, 0.29) is 17.1 Å². The van der Waals surface area contributed by atoms with Crippen molar-refractivity contribution in [2.75, 3.05) is 4.90 Å². The maximum Gasteiger partial charge on any atom is 0.302 e. The zero-order chi connectivity index (χ0) is 20.5. The molecular weight excluding hydrogens is 397 g/mol. The average Bonchev–Trinajstić information content (AvgIpc) is 3.00. The predicted octanol–water partition coefficient (Wildman–Crippen LogP) is 3.90. The number of hydrogen-bond acceptors (Lipinski definition) is 5. The first-order valence-electron chi connectivity index (χ1n) is 8.57. The molecule has 2 heterocycles. The van der Waals surface area contributed by atoms with Crippen molar-refractivity contribution in [2.24, 2.45) is 0 Å². The maximum atomic E-state index is 13.3. The Kier molecular flexibility index (Phi) is 4.82. The fourth-order valence-corrected chi connectivity index (χ4v) is 3.30. The SMILES string of the molecule is O=C1C(=O)N(c2ncccn2)C(c2ccc(Cl)cc2)/C1=C(\O)c1ccc(F)cc1. The fourth-order valence-electron chi connectivity index (χ4n) is 3.18. The van der Waals surface area contributed by atoms with Crippen molar-refractivity contribution in [1.82, 2.24) is 9.97 Å². The zero-order valence-corrected chi connectivity index (χ0v) is 15.5. The van der Waals surface area contributed by atoms with Gasteiger partial charge in [0.2, 0.25) is 5.95 Å². The summed E-state index contributed by atoms with van der Waals surface area (Å²) in [6, 6.07) is 12.1. The summed E-state index contributed by atoms with van der Waals surface area (Å²) in [6.07, 6.45) is 2.89. The second-order valence-corrected chi connectivity index (χ2v) is 6.71. The molecular formula is C21H13ClFN3O3. The topological polar surface area (TPSA) is 83.4 Å². The lowest BCUT2D eigenvalue weighted by molar-refractivity contribution is -0.132. The van der Waals surface area contributed by atoms with Gasteiger partial charge in [0.25, 0.3) is 5.78 Å². The lowest BCUT2D eigenvalue weighted by Gasteiger charge is -2.23. The van der Waals surface area contributed by atoms with Gasteiger partial charge in [-0.05, 0) is 48.0 Å². The molecule has 1 aliphatic rings. The average molecular weight is 410 g/mol. The molecule has 4 rings (SSSR count). The highest BCUT2D eigenvalue weighted by Gasteiger charge is 2.48. The molecule has 1 saturated heterocycles. The summed E-state index contributed by atoms with van der Waals surface area (Å²) in [5.74, 6) is -2.65. The predicted molar refractivity (Wildman–Crippen MR) is 105 cm³/mol. The van der Waals surface area contributed by atoms with Gasteiger partial charge in [-0.15, -0.1) is 0 Å². The molecule has 6 nitrogen and oxygen atoms in total. The molecule has 29 heavy (non-hydrogen) atoms. The van der Waals surface area contributed by atoms with Gasteiger partial charge in [0.15, 0.2) is 0 Å². The minimum absolute atomic E-state index is 0.0210. The van der Waals surface area contributed by atoms with Crippen LogP contribution >= 0.6 is 11.6 Å². The Hall–Kier alpha value is -3.58. The van der Waals surface area contributed by atoms with Gasteiger partial charge in [-0.25, -0.2) is 14.4 Å². The lowest BCUT2D eigenvalue weighted by Crippen LogP contribution is -2.31. The second-order valence-electron chi connectivity index (χ2n) is 6.28. The number of carbonyl (C=O) groups excluding carboxylic acids is 2. The fraction of sp³-hybridized carbons (Fsp3) is 0.0476. The van der Waals surface area contributed by atoms with E-state index in [0.717, 1.165) is 17.0 Å². The molecule has 1 N–H and O–H groups in total. The Morgan fingerprint density at radius 2 is 1.62 bits per heavy atom. The van der Waals surface area contributed by atoms with Crippen LogP contribution in [0.3, 0.4) is 0 Å². The number of hydrogen-bond donors (Lipinski definition) is 1. The first-order chi connectivity index (χ1) is 14.0. The van der Waals surface area contributed by atoms with Crippen LogP contribution in [-0.4, -0.2) is 26.8 Å². The number of aliphatic hydroxyl groups excluding tert-OH is 1. The Morgan fingerprint density at radius 1 is 1.00 bits per heavy atom. The van der Waals surface area contributed by atoms with Crippen molar-refractivity contribution in [3.05, 3.63) is 94.5 Å². The van der Waals surface area contributed by atoms with Crippen LogP contribution in [0, 0.1) is 5.82 Å². The monoisotopic (exact) mass is 409 g/mol. The summed E-state index contributed by atoms with van der Waals surface area (Å²) < 4.78 is 13.3. The van der Waals surface area contributed by atoms with Gasteiger partial charge < -0.3 is 5.11 Å². The van der Waals surface area contributed by atoms with E-state index in [0.29, 0.717) is 10.6 Å². The molecule has 1 atom stereocenters. The number of aliphatic hydroxyl groups is 1. The zero-order valence-electron chi connectivity index (χ0n) is 14.8. The van der Waals surface area contributed by atoms with Gasteiger partial charge in [-0.2, -0.15) is 0 Å². The van der Waals surface area contributed by atoms with Crippen molar-refractivity contribution in [3.63, 3.8) is 0 Å². The van der Waals surface area contributed by atoms with Crippen molar-refractivity contribution < 1.29 is 19.1 Å². The van der Waals surface area contributed by atoms with E-state index in [9.17, 15) is 19.1 Å². The Balaban J connectivity index is 1.94. The molecule has 0 aliphatic carbocycles. The highest BCUT2D eigenvalue weighted by molar-refractivity contribution is 6.51. The number of halogens is 2. The number of Topliss-reactive ketones (excluding diaryl/α,β-unsaturated/α-hetero) is 1. The summed E-state index contributed by atoms with van der Waals surface area (Å²) >= 11 is 5.97. The molecule has 3 aromatic rings. The van der Waals surface area contributed by atoms with Crippen LogP contribution in [0.25, 0.3) is 5.76 Å². The third-order valence-corrected chi connectivity index (χ3v) is 4.77. The lowest BCUT2D eigenvalue weighted by atomic mass is 9.95. The summed E-state index contributed by atoms with van der Waals surface area (Å²) in [4.78, 5) is 35.0. The van der Waals surface area contributed by atoms with Crippen LogP contribution < -0.4 is 4.90 Å². The minimum Gasteiger partial charge on any atom is -0.507 e. The molecule has 0 bridgehead atoms. The quantitative estimate of drug-likeness (QED) is 0.403. The van der Waals surface area contributed by atoms with Crippen molar-refractivity contribution in [3.8, 4) is 0 Å². The van der Waals surface area contributed by atoms with Crippen molar-refractivity contribution in [2.45, 2.75) is 6.04 Å². The highest BCUT2D eigenvalue weighted by atomic mass is 35.5. The van der Waals surface area contributed by atoms with Crippen molar-refractivity contribution in [1.29, 1.82) is 0 Å². The van der Waals surface area contributed by atoms with Crippen LogP contribution in [0.5, 0.6) is 0 Å². The van der Waals surface area contributed by atoms with E-state index in [1.54, 1.807) is 30.3 Å². The molecule has 0 spiro atoms. The Bertz CT molecular complexity index is 1120. The summed E-state index contributed by atoms with van der Waals surface area (Å²) in [6.45, 7) is 0. The summed E-state index contributed by atoms with van der Waals surface area (Å²) in [5, 5.41) is 11.3. The van der Waals surface area contributed by atoms with E-state index in [2.05, 4.69) is 9.97 Å².